The lowest BCUT2D eigenvalue weighted by Crippen LogP contribution is -2.03. The molecule has 1 unspecified atom stereocenters. The zero-order valence-electron chi connectivity index (χ0n) is 11.1. The molecular formula is C16H12N2O2S. The third-order valence-electron chi connectivity index (χ3n) is 3.52. The quantitative estimate of drug-likeness (QED) is 0.790. The molecular weight excluding hydrogens is 284 g/mol. The van der Waals surface area contributed by atoms with Gasteiger partial charge in [-0.15, -0.1) is 11.3 Å². The zero-order valence-corrected chi connectivity index (χ0v) is 11.9. The van der Waals surface area contributed by atoms with Crippen molar-refractivity contribution in [1.29, 1.82) is 0 Å². The molecule has 21 heavy (non-hydrogen) atoms. The smallest absolute Gasteiger partial charge is 0.247 e. The molecule has 0 aliphatic carbocycles. The van der Waals surface area contributed by atoms with E-state index in [1.54, 1.807) is 23.6 Å². The predicted octanol–water partition coefficient (Wildman–Crippen LogP) is 3.17. The largest absolute Gasteiger partial charge is 0.483 e. The van der Waals surface area contributed by atoms with Crippen LogP contribution in [-0.2, 0) is 6.42 Å². The first kappa shape index (κ1) is 12.3. The SMILES string of the molecule is O=c1ccc(-c2csc(C3Cc4ccccc4O3)n2)c[nH]1. The number of H-pyrrole nitrogens is 1. The van der Waals surface area contributed by atoms with E-state index in [1.807, 2.05) is 23.6 Å². The molecule has 1 aromatic carbocycles. The Bertz CT molecular complexity index is 808. The summed E-state index contributed by atoms with van der Waals surface area (Å²) in [5.41, 5.74) is 2.89. The summed E-state index contributed by atoms with van der Waals surface area (Å²) in [6, 6.07) is 11.4. The van der Waals surface area contributed by atoms with Gasteiger partial charge in [0.2, 0.25) is 5.56 Å². The van der Waals surface area contributed by atoms with E-state index < -0.39 is 0 Å². The maximum atomic E-state index is 11.1. The molecule has 104 valence electrons. The van der Waals surface area contributed by atoms with Crippen LogP contribution >= 0.6 is 11.3 Å². The van der Waals surface area contributed by atoms with Gasteiger partial charge in [-0.2, -0.15) is 0 Å². The Morgan fingerprint density at radius 3 is 2.95 bits per heavy atom. The first-order valence-corrected chi connectivity index (χ1v) is 7.57. The van der Waals surface area contributed by atoms with Gasteiger partial charge < -0.3 is 9.72 Å². The number of thiazole rings is 1. The average molecular weight is 296 g/mol. The molecule has 3 aromatic rings. The van der Waals surface area contributed by atoms with Crippen LogP contribution in [0.25, 0.3) is 11.3 Å². The molecule has 0 radical (unpaired) electrons. The average Bonchev–Trinajstić information content (AvgIpc) is 3.14. The molecule has 3 heterocycles. The fourth-order valence-corrected chi connectivity index (χ4v) is 3.31. The van der Waals surface area contributed by atoms with Crippen LogP contribution in [0.2, 0.25) is 0 Å². The van der Waals surface area contributed by atoms with Gasteiger partial charge in [-0.1, -0.05) is 18.2 Å². The van der Waals surface area contributed by atoms with Crippen molar-refractivity contribution in [2.24, 2.45) is 0 Å². The molecule has 0 bridgehead atoms. The lowest BCUT2D eigenvalue weighted by Gasteiger charge is -2.06. The molecule has 0 spiro atoms. The van der Waals surface area contributed by atoms with E-state index in [9.17, 15) is 4.79 Å². The molecule has 0 saturated carbocycles. The van der Waals surface area contributed by atoms with E-state index in [1.165, 1.54) is 11.6 Å². The van der Waals surface area contributed by atoms with Crippen molar-refractivity contribution in [2.45, 2.75) is 12.5 Å². The summed E-state index contributed by atoms with van der Waals surface area (Å²) in [6.07, 6.45) is 2.53. The van der Waals surface area contributed by atoms with E-state index in [4.69, 9.17) is 4.74 Å². The summed E-state index contributed by atoms with van der Waals surface area (Å²) in [4.78, 5) is 18.4. The number of fused-ring (bicyclic) bond motifs is 1. The number of nitrogens with one attached hydrogen (secondary N) is 1. The van der Waals surface area contributed by atoms with Crippen molar-refractivity contribution >= 4 is 11.3 Å². The Labute approximate surface area is 125 Å². The van der Waals surface area contributed by atoms with Crippen molar-refractivity contribution in [1.82, 2.24) is 9.97 Å². The Morgan fingerprint density at radius 1 is 1.24 bits per heavy atom. The fourth-order valence-electron chi connectivity index (χ4n) is 2.46. The highest BCUT2D eigenvalue weighted by Gasteiger charge is 2.26. The highest BCUT2D eigenvalue weighted by atomic mass is 32.1. The number of hydrogen-bond donors (Lipinski definition) is 1. The van der Waals surface area contributed by atoms with Crippen LogP contribution in [0.1, 0.15) is 16.7 Å². The summed E-state index contributed by atoms with van der Waals surface area (Å²) in [5.74, 6) is 0.947. The summed E-state index contributed by atoms with van der Waals surface area (Å²) in [5, 5.41) is 2.96. The number of aromatic nitrogens is 2. The van der Waals surface area contributed by atoms with Gasteiger partial charge in [-0.05, 0) is 17.7 Å². The van der Waals surface area contributed by atoms with E-state index >= 15 is 0 Å². The first-order chi connectivity index (χ1) is 10.3. The zero-order chi connectivity index (χ0) is 14.2. The minimum absolute atomic E-state index is 0.0103. The standard InChI is InChI=1S/C16H12N2O2S/c19-15-6-5-11(8-17-15)12-9-21-16(18-12)14-7-10-3-1-2-4-13(10)20-14/h1-6,8-9,14H,7H2,(H,17,19). The van der Waals surface area contributed by atoms with Crippen LogP contribution in [-0.4, -0.2) is 9.97 Å². The fraction of sp³-hybridized carbons (Fsp3) is 0.125. The van der Waals surface area contributed by atoms with Crippen LogP contribution in [0.3, 0.4) is 0 Å². The molecule has 0 saturated heterocycles. The third kappa shape index (κ3) is 2.25. The maximum Gasteiger partial charge on any atom is 0.247 e. The Kier molecular flexibility index (Phi) is 2.86. The lowest BCUT2D eigenvalue weighted by atomic mass is 10.1. The summed E-state index contributed by atoms with van der Waals surface area (Å²) < 4.78 is 5.95. The molecule has 5 heteroatoms. The normalized spacial score (nSPS) is 16.5. The van der Waals surface area contributed by atoms with Crippen molar-refractivity contribution in [3.8, 4) is 17.0 Å². The summed E-state index contributed by atoms with van der Waals surface area (Å²) in [6.45, 7) is 0. The van der Waals surface area contributed by atoms with Gasteiger partial charge in [0.25, 0.3) is 0 Å². The second-order valence-corrected chi connectivity index (χ2v) is 5.82. The molecule has 4 rings (SSSR count). The van der Waals surface area contributed by atoms with Crippen molar-refractivity contribution in [3.63, 3.8) is 0 Å². The lowest BCUT2D eigenvalue weighted by molar-refractivity contribution is 0.238. The van der Waals surface area contributed by atoms with Crippen LogP contribution in [0.4, 0.5) is 0 Å². The minimum Gasteiger partial charge on any atom is -0.483 e. The summed E-state index contributed by atoms with van der Waals surface area (Å²) >= 11 is 1.59. The van der Waals surface area contributed by atoms with Gasteiger partial charge in [-0.25, -0.2) is 4.98 Å². The number of hydrogen-bond acceptors (Lipinski definition) is 4. The highest BCUT2D eigenvalue weighted by molar-refractivity contribution is 7.10. The van der Waals surface area contributed by atoms with E-state index in [0.29, 0.717) is 0 Å². The van der Waals surface area contributed by atoms with Crippen molar-refractivity contribution < 1.29 is 4.74 Å². The Morgan fingerprint density at radius 2 is 2.14 bits per heavy atom. The van der Waals surface area contributed by atoms with Crippen LogP contribution < -0.4 is 10.3 Å². The first-order valence-electron chi connectivity index (χ1n) is 6.69. The van der Waals surface area contributed by atoms with Crippen molar-refractivity contribution in [3.05, 3.63) is 68.9 Å². The predicted molar refractivity (Wildman–Crippen MR) is 81.7 cm³/mol. The van der Waals surface area contributed by atoms with Gasteiger partial charge in [0.15, 0.2) is 6.10 Å². The van der Waals surface area contributed by atoms with Crippen LogP contribution in [0, 0.1) is 0 Å². The number of pyridine rings is 1. The second kappa shape index (κ2) is 4.86. The van der Waals surface area contributed by atoms with Gasteiger partial charge >= 0.3 is 0 Å². The van der Waals surface area contributed by atoms with E-state index in [-0.39, 0.29) is 11.7 Å². The number of rotatable bonds is 2. The van der Waals surface area contributed by atoms with Gasteiger partial charge in [0.05, 0.1) is 5.69 Å². The molecule has 1 atom stereocenters. The third-order valence-corrected chi connectivity index (χ3v) is 4.46. The molecule has 1 aliphatic rings. The Balaban J connectivity index is 1.61. The topological polar surface area (TPSA) is 55.0 Å². The second-order valence-electron chi connectivity index (χ2n) is 4.93. The number of benzene rings is 1. The molecule has 2 aromatic heterocycles. The van der Waals surface area contributed by atoms with E-state index in [2.05, 4.69) is 16.0 Å². The number of para-hydroxylation sites is 1. The maximum absolute atomic E-state index is 11.1. The number of ether oxygens (including phenoxy) is 1. The van der Waals surface area contributed by atoms with Gasteiger partial charge in [0.1, 0.15) is 10.8 Å². The van der Waals surface area contributed by atoms with Crippen LogP contribution in [0.15, 0.2) is 52.8 Å². The Hall–Kier alpha value is -2.40. The van der Waals surface area contributed by atoms with Gasteiger partial charge in [0, 0.05) is 29.6 Å². The molecule has 0 fully saturated rings. The minimum atomic E-state index is -0.108. The molecule has 4 nitrogen and oxygen atoms in total. The molecule has 1 N–H and O–H groups in total. The van der Waals surface area contributed by atoms with Gasteiger partial charge in [-0.3, -0.25) is 4.79 Å². The number of aromatic amines is 1. The summed E-state index contributed by atoms with van der Waals surface area (Å²) in [7, 11) is 0. The molecule has 0 amide bonds. The monoisotopic (exact) mass is 296 g/mol. The molecule has 1 aliphatic heterocycles. The van der Waals surface area contributed by atoms with E-state index in [0.717, 1.165) is 28.4 Å². The number of nitrogens with zero attached hydrogens (tertiary/aromatic N) is 1. The highest BCUT2D eigenvalue weighted by Crippen LogP contribution is 2.38. The van der Waals surface area contributed by atoms with Crippen molar-refractivity contribution in [2.75, 3.05) is 0 Å². The van der Waals surface area contributed by atoms with Crippen LogP contribution in [0.5, 0.6) is 5.75 Å².